The van der Waals surface area contributed by atoms with Crippen molar-refractivity contribution in [2.24, 2.45) is 0 Å². The molecular weight excluding hydrogens is 855 g/mol. The number of aromatic nitrogens is 7. The van der Waals surface area contributed by atoms with Gasteiger partial charge in [-0.3, -0.25) is 0 Å². The second-order valence-electron chi connectivity index (χ2n) is 18.1. The highest BCUT2D eigenvalue weighted by molar-refractivity contribution is 6.25. The van der Waals surface area contributed by atoms with E-state index in [0.717, 1.165) is 72.4 Å². The summed E-state index contributed by atoms with van der Waals surface area (Å²) >= 11 is 0. The van der Waals surface area contributed by atoms with Crippen LogP contribution >= 0.6 is 0 Å². The average Bonchev–Trinajstić information content (AvgIpc) is 4.18. The molecule has 15 aromatic rings. The van der Waals surface area contributed by atoms with Gasteiger partial charge in [-0.05, 0) is 60.7 Å². The highest BCUT2D eigenvalue weighted by Gasteiger charge is 2.23. The van der Waals surface area contributed by atoms with Crippen molar-refractivity contribution in [1.82, 2.24) is 33.6 Å². The van der Waals surface area contributed by atoms with Gasteiger partial charge in [0.1, 0.15) is 0 Å². The van der Waals surface area contributed by atoms with Crippen LogP contribution in [0.2, 0.25) is 0 Å². The predicted octanol–water partition coefficient (Wildman–Crippen LogP) is 15.8. The minimum absolute atomic E-state index is 0.595. The number of nitrogens with one attached hydrogen (secondary N) is 1. The van der Waals surface area contributed by atoms with E-state index in [1.54, 1.807) is 0 Å². The van der Waals surface area contributed by atoms with Crippen molar-refractivity contribution in [3.8, 4) is 51.2 Å². The maximum absolute atomic E-state index is 5.35. The lowest BCUT2D eigenvalue weighted by Crippen LogP contribution is -2.02. The van der Waals surface area contributed by atoms with Gasteiger partial charge < -0.3 is 18.7 Å². The van der Waals surface area contributed by atoms with E-state index in [2.05, 4.69) is 231 Å². The van der Waals surface area contributed by atoms with Gasteiger partial charge in [-0.15, -0.1) is 0 Å². The van der Waals surface area contributed by atoms with Crippen molar-refractivity contribution < 1.29 is 0 Å². The molecule has 0 aliphatic carbocycles. The number of benzene rings is 10. The summed E-state index contributed by atoms with van der Waals surface area (Å²) in [5.74, 6) is 1.80. The fourth-order valence-electron chi connectivity index (χ4n) is 11.2. The smallest absolute Gasteiger partial charge is 0.164 e. The van der Waals surface area contributed by atoms with E-state index in [-0.39, 0.29) is 0 Å². The summed E-state index contributed by atoms with van der Waals surface area (Å²) < 4.78 is 7.23. The van der Waals surface area contributed by atoms with Crippen LogP contribution < -0.4 is 0 Å². The molecule has 0 fully saturated rings. The van der Waals surface area contributed by atoms with E-state index in [9.17, 15) is 0 Å². The lowest BCUT2D eigenvalue weighted by Gasteiger charge is -2.14. The number of H-pyrrole nitrogens is 1. The Bertz CT molecular complexity index is 4590. The molecule has 0 radical (unpaired) electrons. The van der Waals surface area contributed by atoms with Gasteiger partial charge in [0.25, 0.3) is 0 Å². The van der Waals surface area contributed by atoms with Crippen LogP contribution in [0.1, 0.15) is 0 Å². The zero-order chi connectivity index (χ0) is 45.9. The zero-order valence-electron chi connectivity index (χ0n) is 37.6. The Labute approximate surface area is 400 Å². The summed E-state index contributed by atoms with van der Waals surface area (Å²) in [6.07, 6.45) is 0. The number of nitrogens with zero attached hydrogens (tertiary/aromatic N) is 6. The fraction of sp³-hybridized carbons (Fsp3) is 0. The van der Waals surface area contributed by atoms with Crippen LogP contribution in [-0.4, -0.2) is 33.6 Å². The van der Waals surface area contributed by atoms with Crippen LogP contribution in [0.15, 0.2) is 231 Å². The maximum Gasteiger partial charge on any atom is 0.164 e. The molecule has 1 N–H and O–H groups in total. The third-order valence-electron chi connectivity index (χ3n) is 14.2. The second kappa shape index (κ2) is 15.0. The average molecular weight is 894 g/mol. The van der Waals surface area contributed by atoms with Gasteiger partial charge in [-0.2, -0.15) is 0 Å². The van der Waals surface area contributed by atoms with Crippen molar-refractivity contribution >= 4 is 87.2 Å². The first-order valence-electron chi connectivity index (χ1n) is 23.7. The fourth-order valence-corrected chi connectivity index (χ4v) is 11.2. The van der Waals surface area contributed by atoms with Crippen molar-refractivity contribution in [1.29, 1.82) is 0 Å². The molecule has 0 unspecified atom stereocenters. The quantitative estimate of drug-likeness (QED) is 0.181. The minimum Gasteiger partial charge on any atom is -0.353 e. The Hall–Kier alpha value is -9.59. The Balaban J connectivity index is 0.944. The number of para-hydroxylation sites is 5. The number of aromatic amines is 1. The predicted molar refractivity (Wildman–Crippen MR) is 289 cm³/mol. The van der Waals surface area contributed by atoms with Crippen LogP contribution in [0, 0.1) is 0 Å². The summed E-state index contributed by atoms with van der Waals surface area (Å²) in [7, 11) is 0. The highest BCUT2D eigenvalue weighted by atomic mass is 15.1. The largest absolute Gasteiger partial charge is 0.353 e. The number of fused-ring (bicyclic) bond motifs is 14. The molecule has 0 atom stereocenters. The molecule has 5 aromatic heterocycles. The van der Waals surface area contributed by atoms with Crippen LogP contribution in [-0.2, 0) is 0 Å². The van der Waals surface area contributed by atoms with Crippen molar-refractivity contribution in [2.75, 3.05) is 0 Å². The van der Waals surface area contributed by atoms with Crippen molar-refractivity contribution in [3.63, 3.8) is 0 Å². The Morgan fingerprint density at radius 1 is 0.271 bits per heavy atom. The molecule has 0 saturated heterocycles. The topological polar surface area (TPSA) is 69.2 Å². The lowest BCUT2D eigenvalue weighted by atomic mass is 10.1. The van der Waals surface area contributed by atoms with E-state index < -0.39 is 0 Å². The monoisotopic (exact) mass is 893 g/mol. The first kappa shape index (κ1) is 38.5. The Morgan fingerprint density at radius 2 is 0.657 bits per heavy atom. The number of hydrogen-bond donors (Lipinski definition) is 1. The van der Waals surface area contributed by atoms with E-state index in [1.165, 1.54) is 48.6 Å². The van der Waals surface area contributed by atoms with Gasteiger partial charge in [0.2, 0.25) is 0 Å². The molecule has 7 nitrogen and oxygen atoms in total. The summed E-state index contributed by atoms with van der Waals surface area (Å²) in [6.45, 7) is 0. The Kier molecular flexibility index (Phi) is 8.23. The summed E-state index contributed by atoms with van der Waals surface area (Å²) in [4.78, 5) is 19.6. The Morgan fingerprint density at radius 3 is 1.21 bits per heavy atom. The third-order valence-corrected chi connectivity index (χ3v) is 14.2. The van der Waals surface area contributed by atoms with Crippen LogP contribution in [0.5, 0.6) is 0 Å². The molecule has 326 valence electrons. The van der Waals surface area contributed by atoms with E-state index in [4.69, 9.17) is 15.0 Å². The summed E-state index contributed by atoms with van der Waals surface area (Å²) in [5.41, 5.74) is 14.9. The molecule has 15 rings (SSSR count). The molecule has 5 heterocycles. The van der Waals surface area contributed by atoms with Gasteiger partial charge in [-0.1, -0.05) is 170 Å². The maximum atomic E-state index is 5.35. The molecule has 0 bridgehead atoms. The molecule has 0 amide bonds. The normalized spacial score (nSPS) is 12.0. The van der Waals surface area contributed by atoms with Crippen LogP contribution in [0.25, 0.3) is 138 Å². The zero-order valence-corrected chi connectivity index (χ0v) is 37.6. The molecule has 0 aliphatic heterocycles. The molecule has 7 heteroatoms. The molecule has 0 aliphatic rings. The van der Waals surface area contributed by atoms with Gasteiger partial charge in [0.05, 0.1) is 38.6 Å². The van der Waals surface area contributed by atoms with Gasteiger partial charge >= 0.3 is 0 Å². The summed E-state index contributed by atoms with van der Waals surface area (Å²) in [6, 6.07) is 82.0. The molecule has 10 aromatic carbocycles. The lowest BCUT2D eigenvalue weighted by molar-refractivity contribution is 1.07. The van der Waals surface area contributed by atoms with Crippen molar-refractivity contribution in [2.45, 2.75) is 0 Å². The van der Waals surface area contributed by atoms with Crippen molar-refractivity contribution in [3.05, 3.63) is 231 Å². The number of hydrogen-bond acceptors (Lipinski definition) is 3. The first-order chi connectivity index (χ1) is 34.7. The van der Waals surface area contributed by atoms with E-state index >= 15 is 0 Å². The molecule has 70 heavy (non-hydrogen) atoms. The van der Waals surface area contributed by atoms with Crippen LogP contribution in [0.4, 0.5) is 0 Å². The third kappa shape index (κ3) is 5.66. The van der Waals surface area contributed by atoms with E-state index in [0.29, 0.717) is 17.5 Å². The summed E-state index contributed by atoms with van der Waals surface area (Å²) in [5, 5.41) is 9.60. The van der Waals surface area contributed by atoms with Gasteiger partial charge in [0, 0.05) is 82.4 Å². The molecule has 0 spiro atoms. The number of rotatable bonds is 6. The minimum atomic E-state index is 0.595. The van der Waals surface area contributed by atoms with Gasteiger partial charge in [-0.25, -0.2) is 15.0 Å². The standard InChI is InChI=1S/C63H39N7/c1-3-17-39(18-4-1)61-65-62(40-19-15-23-43(37-40)69-55-31-13-8-26-46(55)50-34-33-49-45-25-7-11-29-53(45)64-57(49)58(50)69)67-63(66-61)41-20-16-24-44(38-41)70-56-32-14-10-28-48(56)52-36-35-51-47-27-9-12-30-54(47)68(59(51)60(52)70)42-21-5-2-6-22-42/h1-38,64H. The SMILES string of the molecule is c1ccc(-c2nc(-c3cccc(-n4c5ccccc5c5ccc6c7ccccc7[nH]c6c54)c3)nc(-c3cccc(-n4c5ccccc5c5ccc6c7ccccc7n(-c7ccccc7)c6c54)c3)n2)cc1. The van der Waals surface area contributed by atoms with E-state index in [1.807, 2.05) is 18.2 Å². The van der Waals surface area contributed by atoms with Crippen LogP contribution in [0.3, 0.4) is 0 Å². The van der Waals surface area contributed by atoms with Gasteiger partial charge in [0.15, 0.2) is 17.5 Å². The second-order valence-corrected chi connectivity index (χ2v) is 18.1. The first-order valence-corrected chi connectivity index (χ1v) is 23.7. The molecule has 0 saturated carbocycles. The highest BCUT2D eigenvalue weighted by Crippen LogP contribution is 2.43. The molecular formula is C63H39N7.